The molecule has 1 fully saturated rings. The lowest BCUT2D eigenvalue weighted by molar-refractivity contribution is 0.176. The van der Waals surface area contributed by atoms with Crippen molar-refractivity contribution in [3.8, 4) is 0 Å². The van der Waals surface area contributed by atoms with Gasteiger partial charge in [0, 0.05) is 18.6 Å². The number of nitrogens with two attached hydrogens (primary N) is 1. The van der Waals surface area contributed by atoms with E-state index in [-0.39, 0.29) is 0 Å². The highest BCUT2D eigenvalue weighted by Crippen LogP contribution is 2.19. The Labute approximate surface area is 97.0 Å². The summed E-state index contributed by atoms with van der Waals surface area (Å²) in [6.07, 6.45) is 2.09. The molecule has 1 aliphatic heterocycles. The zero-order valence-corrected chi connectivity index (χ0v) is 9.78. The zero-order chi connectivity index (χ0) is 11.4. The van der Waals surface area contributed by atoms with Crippen molar-refractivity contribution in [1.82, 2.24) is 5.43 Å². The van der Waals surface area contributed by atoms with Gasteiger partial charge in [-0.1, -0.05) is 29.8 Å². The minimum absolute atomic E-state index is 0.324. The largest absolute Gasteiger partial charge is 0.381 e. The second-order valence-corrected chi connectivity index (χ2v) is 4.59. The van der Waals surface area contributed by atoms with Crippen molar-refractivity contribution in [2.75, 3.05) is 13.2 Å². The van der Waals surface area contributed by atoms with Crippen LogP contribution >= 0.6 is 0 Å². The van der Waals surface area contributed by atoms with Gasteiger partial charge in [-0.15, -0.1) is 0 Å². The van der Waals surface area contributed by atoms with Crippen LogP contribution in [-0.2, 0) is 11.2 Å². The van der Waals surface area contributed by atoms with Crippen molar-refractivity contribution in [3.63, 3.8) is 0 Å². The maximum atomic E-state index is 5.62. The van der Waals surface area contributed by atoms with Crippen LogP contribution in [0, 0.1) is 12.8 Å². The smallest absolute Gasteiger partial charge is 0.0510 e. The molecule has 3 N–H and O–H groups in total. The van der Waals surface area contributed by atoms with Gasteiger partial charge in [0.15, 0.2) is 0 Å². The fraction of sp³-hybridized carbons (Fsp3) is 0.538. The van der Waals surface area contributed by atoms with Crippen molar-refractivity contribution >= 4 is 0 Å². The van der Waals surface area contributed by atoms with E-state index in [0.29, 0.717) is 12.0 Å². The molecule has 0 aromatic heterocycles. The van der Waals surface area contributed by atoms with E-state index in [9.17, 15) is 0 Å². The normalized spacial score (nSPS) is 22.2. The fourth-order valence-electron chi connectivity index (χ4n) is 2.21. The highest BCUT2D eigenvalue weighted by molar-refractivity contribution is 5.22. The number of hydrogen-bond donors (Lipinski definition) is 2. The van der Waals surface area contributed by atoms with E-state index in [1.54, 1.807) is 0 Å². The molecule has 3 nitrogen and oxygen atoms in total. The predicted molar refractivity (Wildman–Crippen MR) is 64.9 cm³/mol. The molecule has 0 radical (unpaired) electrons. The van der Waals surface area contributed by atoms with Crippen molar-refractivity contribution in [2.45, 2.75) is 25.8 Å². The van der Waals surface area contributed by atoms with Gasteiger partial charge in [0.05, 0.1) is 6.61 Å². The van der Waals surface area contributed by atoms with E-state index in [1.807, 2.05) is 0 Å². The topological polar surface area (TPSA) is 47.3 Å². The SMILES string of the molecule is Cc1ccc(CC(NN)C2CCOC2)cc1. The third-order valence-corrected chi connectivity index (χ3v) is 3.32. The van der Waals surface area contributed by atoms with Crippen LogP contribution in [0.3, 0.4) is 0 Å². The number of rotatable bonds is 4. The molecule has 0 amide bonds. The van der Waals surface area contributed by atoms with Crippen molar-refractivity contribution in [1.29, 1.82) is 0 Å². The van der Waals surface area contributed by atoms with E-state index in [4.69, 9.17) is 10.6 Å². The van der Waals surface area contributed by atoms with Gasteiger partial charge in [-0.2, -0.15) is 0 Å². The van der Waals surface area contributed by atoms with E-state index >= 15 is 0 Å². The van der Waals surface area contributed by atoms with Crippen LogP contribution in [0.5, 0.6) is 0 Å². The van der Waals surface area contributed by atoms with Crippen LogP contribution in [0.2, 0.25) is 0 Å². The first-order valence-corrected chi connectivity index (χ1v) is 5.89. The molecule has 16 heavy (non-hydrogen) atoms. The van der Waals surface area contributed by atoms with Gasteiger partial charge in [-0.25, -0.2) is 0 Å². The van der Waals surface area contributed by atoms with E-state index < -0.39 is 0 Å². The van der Waals surface area contributed by atoms with Gasteiger partial charge in [-0.05, 0) is 25.3 Å². The number of nitrogens with one attached hydrogen (secondary N) is 1. The lowest BCUT2D eigenvalue weighted by Crippen LogP contribution is -2.42. The summed E-state index contributed by atoms with van der Waals surface area (Å²) in [5.74, 6) is 6.17. The molecule has 0 aliphatic carbocycles. The van der Waals surface area contributed by atoms with Gasteiger partial charge < -0.3 is 4.74 Å². The molecule has 2 unspecified atom stereocenters. The lowest BCUT2D eigenvalue weighted by atomic mass is 9.93. The second-order valence-electron chi connectivity index (χ2n) is 4.59. The molecular weight excluding hydrogens is 200 g/mol. The molecule has 2 atom stereocenters. The molecule has 0 bridgehead atoms. The molecule has 0 saturated carbocycles. The predicted octanol–water partition coefficient (Wildman–Crippen LogP) is 1.41. The summed E-state index contributed by atoms with van der Waals surface area (Å²) in [4.78, 5) is 0. The van der Waals surface area contributed by atoms with Crippen molar-refractivity contribution in [2.24, 2.45) is 11.8 Å². The summed E-state index contributed by atoms with van der Waals surface area (Å²) in [7, 11) is 0. The summed E-state index contributed by atoms with van der Waals surface area (Å²) in [6, 6.07) is 8.97. The monoisotopic (exact) mass is 220 g/mol. The van der Waals surface area contributed by atoms with Crippen LogP contribution < -0.4 is 11.3 Å². The molecule has 88 valence electrons. The quantitative estimate of drug-likeness (QED) is 0.595. The van der Waals surface area contributed by atoms with Gasteiger partial charge in [0.2, 0.25) is 0 Å². The molecule has 0 spiro atoms. The highest BCUT2D eigenvalue weighted by atomic mass is 16.5. The number of aryl methyl sites for hydroxylation is 1. The number of hydrazine groups is 1. The van der Waals surface area contributed by atoms with Crippen LogP contribution in [-0.4, -0.2) is 19.3 Å². The summed E-state index contributed by atoms with van der Waals surface area (Å²) in [6.45, 7) is 3.81. The Balaban J connectivity index is 1.97. The van der Waals surface area contributed by atoms with E-state index in [2.05, 4.69) is 36.6 Å². The molecular formula is C13H20N2O. The minimum Gasteiger partial charge on any atom is -0.381 e. The number of ether oxygens (including phenoxy) is 1. The van der Waals surface area contributed by atoms with E-state index in [0.717, 1.165) is 26.1 Å². The Morgan fingerprint density at radius 2 is 2.19 bits per heavy atom. The van der Waals surface area contributed by atoms with Gasteiger partial charge in [-0.3, -0.25) is 11.3 Å². The summed E-state index contributed by atoms with van der Waals surface area (Å²) < 4.78 is 5.40. The average molecular weight is 220 g/mol. The van der Waals surface area contributed by atoms with Crippen LogP contribution in [0.25, 0.3) is 0 Å². The summed E-state index contributed by atoms with van der Waals surface area (Å²) in [5.41, 5.74) is 5.56. The molecule has 2 rings (SSSR count). The number of hydrogen-bond acceptors (Lipinski definition) is 3. The number of benzene rings is 1. The maximum absolute atomic E-state index is 5.62. The first kappa shape index (κ1) is 11.6. The van der Waals surface area contributed by atoms with Gasteiger partial charge in [0.25, 0.3) is 0 Å². The van der Waals surface area contributed by atoms with E-state index in [1.165, 1.54) is 11.1 Å². The van der Waals surface area contributed by atoms with Crippen molar-refractivity contribution < 1.29 is 4.74 Å². The third-order valence-electron chi connectivity index (χ3n) is 3.32. The van der Waals surface area contributed by atoms with Crippen LogP contribution in [0.4, 0.5) is 0 Å². The zero-order valence-electron chi connectivity index (χ0n) is 9.78. The first-order valence-electron chi connectivity index (χ1n) is 5.89. The molecule has 1 aromatic rings. The van der Waals surface area contributed by atoms with Crippen molar-refractivity contribution in [3.05, 3.63) is 35.4 Å². The van der Waals surface area contributed by atoms with Crippen LogP contribution in [0.15, 0.2) is 24.3 Å². The van der Waals surface area contributed by atoms with Gasteiger partial charge >= 0.3 is 0 Å². The highest BCUT2D eigenvalue weighted by Gasteiger charge is 2.24. The molecule has 3 heteroatoms. The molecule has 1 saturated heterocycles. The minimum atomic E-state index is 0.324. The molecule has 1 aliphatic rings. The molecule has 1 heterocycles. The Morgan fingerprint density at radius 3 is 2.75 bits per heavy atom. The first-order chi connectivity index (χ1) is 7.79. The Kier molecular flexibility index (Phi) is 3.93. The van der Waals surface area contributed by atoms with Gasteiger partial charge in [0.1, 0.15) is 0 Å². The maximum Gasteiger partial charge on any atom is 0.0510 e. The average Bonchev–Trinajstić information content (AvgIpc) is 2.82. The van der Waals surface area contributed by atoms with Crippen LogP contribution in [0.1, 0.15) is 17.5 Å². The summed E-state index contributed by atoms with van der Waals surface area (Å²) in [5, 5.41) is 0. The lowest BCUT2D eigenvalue weighted by Gasteiger charge is -2.21. The third kappa shape index (κ3) is 2.82. The second kappa shape index (κ2) is 5.43. The standard InChI is InChI=1S/C13H20N2O/c1-10-2-4-11(5-3-10)8-13(15-14)12-6-7-16-9-12/h2-5,12-13,15H,6-9,14H2,1H3. The summed E-state index contributed by atoms with van der Waals surface area (Å²) >= 11 is 0. The molecule has 1 aromatic carbocycles. The fourth-order valence-corrected chi connectivity index (χ4v) is 2.21. The Bertz CT molecular complexity index is 317. The Morgan fingerprint density at radius 1 is 1.44 bits per heavy atom. The Hall–Kier alpha value is -0.900.